The first-order valence-electron chi connectivity index (χ1n) is 7.16. The average molecular weight is 323 g/mol. The van der Waals surface area contributed by atoms with Gasteiger partial charge in [0.15, 0.2) is 5.78 Å². The largest absolute Gasteiger partial charge is 0.469 e. The maximum Gasteiger partial charge on any atom is 0.408 e. The number of aliphatic hydroxyl groups excluding tert-OH is 1. The van der Waals surface area contributed by atoms with Crippen LogP contribution >= 0.6 is 0 Å². The van der Waals surface area contributed by atoms with E-state index >= 15 is 0 Å². The standard InChI is InChI=1S/C16H21NO6/c1-11(15(20)22-2)8-14(19)13(9-18)17-16(21)23-10-12-6-4-3-5-7-12/h3-7,11,13,18H,8-10H2,1-2H3,(H,17,21)/t11-,13+/m0/s1. The van der Waals surface area contributed by atoms with Crippen molar-refractivity contribution in [3.05, 3.63) is 35.9 Å². The zero-order valence-corrected chi connectivity index (χ0v) is 13.2. The maximum atomic E-state index is 12.0. The third kappa shape index (κ3) is 6.48. The Bertz CT molecular complexity index is 531. The number of nitrogens with one attached hydrogen (secondary N) is 1. The zero-order valence-electron chi connectivity index (χ0n) is 13.2. The molecule has 2 atom stereocenters. The van der Waals surface area contributed by atoms with E-state index in [1.165, 1.54) is 14.0 Å². The molecule has 0 aromatic heterocycles. The Hall–Kier alpha value is -2.41. The van der Waals surface area contributed by atoms with Gasteiger partial charge < -0.3 is 19.9 Å². The van der Waals surface area contributed by atoms with Gasteiger partial charge in [-0.3, -0.25) is 9.59 Å². The van der Waals surface area contributed by atoms with Crippen molar-refractivity contribution < 1.29 is 29.0 Å². The number of ether oxygens (including phenoxy) is 2. The quantitative estimate of drug-likeness (QED) is 0.693. The molecule has 0 saturated heterocycles. The summed E-state index contributed by atoms with van der Waals surface area (Å²) in [6, 6.07) is 7.92. The molecule has 0 aliphatic rings. The molecule has 1 rings (SSSR count). The van der Waals surface area contributed by atoms with Crippen molar-refractivity contribution in [2.24, 2.45) is 5.92 Å². The van der Waals surface area contributed by atoms with Gasteiger partial charge in [-0.1, -0.05) is 37.3 Å². The fourth-order valence-electron chi connectivity index (χ4n) is 1.86. The molecule has 0 unspecified atom stereocenters. The zero-order chi connectivity index (χ0) is 17.2. The summed E-state index contributed by atoms with van der Waals surface area (Å²) in [6.07, 6.45) is -0.955. The summed E-state index contributed by atoms with van der Waals surface area (Å²) in [7, 11) is 1.23. The molecule has 7 nitrogen and oxygen atoms in total. The Morgan fingerprint density at radius 3 is 2.43 bits per heavy atom. The molecular formula is C16H21NO6. The number of ketones is 1. The average Bonchev–Trinajstić information content (AvgIpc) is 2.57. The SMILES string of the molecule is COC(=O)[C@@H](C)CC(=O)[C@@H](CO)NC(=O)OCc1ccccc1. The molecule has 2 N–H and O–H groups in total. The lowest BCUT2D eigenvalue weighted by Gasteiger charge is -2.17. The van der Waals surface area contributed by atoms with Crippen LogP contribution in [0.3, 0.4) is 0 Å². The Labute approximate surface area is 134 Å². The van der Waals surface area contributed by atoms with Crippen molar-refractivity contribution in [1.82, 2.24) is 5.32 Å². The topological polar surface area (TPSA) is 102 Å². The minimum atomic E-state index is -1.12. The summed E-state index contributed by atoms with van der Waals surface area (Å²) < 4.78 is 9.51. The number of carbonyl (C=O) groups is 3. The highest BCUT2D eigenvalue weighted by atomic mass is 16.5. The van der Waals surface area contributed by atoms with Gasteiger partial charge in [0.2, 0.25) is 0 Å². The van der Waals surface area contributed by atoms with Gasteiger partial charge >= 0.3 is 12.1 Å². The van der Waals surface area contributed by atoms with E-state index in [-0.39, 0.29) is 13.0 Å². The molecule has 1 aromatic carbocycles. The van der Waals surface area contributed by atoms with Crippen molar-refractivity contribution >= 4 is 17.8 Å². The van der Waals surface area contributed by atoms with E-state index in [2.05, 4.69) is 10.1 Å². The van der Waals surface area contributed by atoms with Gasteiger partial charge in [0.1, 0.15) is 12.6 Å². The second-order valence-corrected chi connectivity index (χ2v) is 5.04. The summed E-state index contributed by atoms with van der Waals surface area (Å²) in [6.45, 7) is 1.01. The van der Waals surface area contributed by atoms with Gasteiger partial charge in [0.25, 0.3) is 0 Å². The molecule has 0 fully saturated rings. The molecule has 0 spiro atoms. The summed E-state index contributed by atoms with van der Waals surface area (Å²) in [5.41, 5.74) is 0.800. The Kier molecular flexibility index (Phi) is 7.76. The lowest BCUT2D eigenvalue weighted by atomic mass is 10.0. The van der Waals surface area contributed by atoms with E-state index in [0.29, 0.717) is 0 Å². The Balaban J connectivity index is 2.46. The molecule has 0 aliphatic carbocycles. The van der Waals surface area contributed by atoms with E-state index < -0.39 is 36.4 Å². The summed E-state index contributed by atoms with van der Waals surface area (Å²) in [5, 5.41) is 11.5. The van der Waals surface area contributed by atoms with Crippen molar-refractivity contribution in [3.8, 4) is 0 Å². The third-order valence-electron chi connectivity index (χ3n) is 3.19. The number of alkyl carbamates (subject to hydrolysis) is 1. The number of carbonyl (C=O) groups excluding carboxylic acids is 3. The molecule has 1 aromatic rings. The second kappa shape index (κ2) is 9.58. The Morgan fingerprint density at radius 1 is 1.22 bits per heavy atom. The number of amides is 1. The predicted octanol–water partition coefficient (Wildman–Crippen LogP) is 1.04. The summed E-state index contributed by atoms with van der Waals surface area (Å²) in [4.78, 5) is 34.9. The summed E-state index contributed by atoms with van der Waals surface area (Å²) in [5.74, 6) is -1.65. The lowest BCUT2D eigenvalue weighted by molar-refractivity contribution is -0.146. The van der Waals surface area contributed by atoms with Crippen LogP contribution in [0.2, 0.25) is 0 Å². The minimum absolute atomic E-state index is 0.0532. The molecule has 0 saturated carbocycles. The summed E-state index contributed by atoms with van der Waals surface area (Å²) >= 11 is 0. The molecule has 7 heteroatoms. The number of hydrogen-bond donors (Lipinski definition) is 2. The minimum Gasteiger partial charge on any atom is -0.469 e. The third-order valence-corrected chi connectivity index (χ3v) is 3.19. The van der Waals surface area contributed by atoms with Gasteiger partial charge in [-0.25, -0.2) is 4.79 Å². The van der Waals surface area contributed by atoms with Crippen LogP contribution in [0.15, 0.2) is 30.3 Å². The van der Waals surface area contributed by atoms with E-state index in [1.54, 1.807) is 12.1 Å². The van der Waals surface area contributed by atoms with E-state index in [0.717, 1.165) is 5.56 Å². The molecule has 126 valence electrons. The Morgan fingerprint density at radius 2 is 1.87 bits per heavy atom. The van der Waals surface area contributed by atoms with Crippen molar-refractivity contribution in [3.63, 3.8) is 0 Å². The van der Waals surface area contributed by atoms with Gasteiger partial charge in [-0.15, -0.1) is 0 Å². The molecule has 1 amide bonds. The highest BCUT2D eigenvalue weighted by molar-refractivity contribution is 5.90. The van der Waals surface area contributed by atoms with Crippen LogP contribution in [0.1, 0.15) is 18.9 Å². The van der Waals surface area contributed by atoms with Crippen molar-refractivity contribution in [2.75, 3.05) is 13.7 Å². The first-order valence-corrected chi connectivity index (χ1v) is 7.16. The van der Waals surface area contributed by atoms with Crippen molar-refractivity contribution in [2.45, 2.75) is 26.0 Å². The van der Waals surface area contributed by atoms with E-state index in [9.17, 15) is 19.5 Å². The van der Waals surface area contributed by atoms with E-state index in [4.69, 9.17) is 4.74 Å². The lowest BCUT2D eigenvalue weighted by Crippen LogP contribution is -2.44. The van der Waals surface area contributed by atoms with Crippen LogP contribution in [0.25, 0.3) is 0 Å². The molecule has 0 bridgehead atoms. The monoisotopic (exact) mass is 323 g/mol. The van der Waals surface area contributed by atoms with Crippen LogP contribution in [0.5, 0.6) is 0 Å². The van der Waals surface area contributed by atoms with Crippen LogP contribution in [0, 0.1) is 5.92 Å². The highest BCUT2D eigenvalue weighted by Gasteiger charge is 2.25. The van der Waals surface area contributed by atoms with Crippen LogP contribution in [0.4, 0.5) is 4.79 Å². The molecular weight excluding hydrogens is 302 g/mol. The normalized spacial score (nSPS) is 12.8. The number of hydrogen-bond acceptors (Lipinski definition) is 6. The van der Waals surface area contributed by atoms with E-state index in [1.807, 2.05) is 18.2 Å². The second-order valence-electron chi connectivity index (χ2n) is 5.04. The predicted molar refractivity (Wildman–Crippen MR) is 81.4 cm³/mol. The maximum absolute atomic E-state index is 12.0. The number of Topliss-reactive ketones (excluding diaryl/α,β-unsaturated/α-hetero) is 1. The number of methoxy groups -OCH3 is 1. The molecule has 0 aliphatic heterocycles. The first kappa shape index (κ1) is 18.6. The fourth-order valence-corrected chi connectivity index (χ4v) is 1.86. The van der Waals surface area contributed by atoms with Crippen LogP contribution in [-0.2, 0) is 25.7 Å². The van der Waals surface area contributed by atoms with Gasteiger partial charge in [-0.2, -0.15) is 0 Å². The molecule has 0 heterocycles. The van der Waals surface area contributed by atoms with Gasteiger partial charge in [0, 0.05) is 6.42 Å². The number of esters is 1. The van der Waals surface area contributed by atoms with Crippen molar-refractivity contribution in [1.29, 1.82) is 0 Å². The smallest absolute Gasteiger partial charge is 0.408 e. The number of benzene rings is 1. The molecule has 0 radical (unpaired) electrons. The first-order chi connectivity index (χ1) is 11.0. The van der Waals surface area contributed by atoms with Gasteiger partial charge in [0.05, 0.1) is 19.6 Å². The number of aliphatic hydroxyl groups is 1. The highest BCUT2D eigenvalue weighted by Crippen LogP contribution is 2.07. The number of rotatable bonds is 8. The van der Waals surface area contributed by atoms with Crippen LogP contribution in [-0.4, -0.2) is 42.7 Å². The fraction of sp³-hybridized carbons (Fsp3) is 0.438. The van der Waals surface area contributed by atoms with Crippen LogP contribution < -0.4 is 5.32 Å². The molecule has 23 heavy (non-hydrogen) atoms. The van der Waals surface area contributed by atoms with Gasteiger partial charge in [-0.05, 0) is 5.56 Å².